The van der Waals surface area contributed by atoms with Crippen molar-refractivity contribution in [2.45, 2.75) is 12.5 Å². The molecule has 0 bridgehead atoms. The Balaban J connectivity index is 2.17. The largest absolute Gasteiger partial charge is 0.495 e. The summed E-state index contributed by atoms with van der Waals surface area (Å²) in [5, 5.41) is 0.464. The summed E-state index contributed by atoms with van der Waals surface area (Å²) >= 11 is 6.03. The fourth-order valence-electron chi connectivity index (χ4n) is 1.95. The summed E-state index contributed by atoms with van der Waals surface area (Å²) in [6.45, 7) is 0. The summed E-state index contributed by atoms with van der Waals surface area (Å²) in [4.78, 5) is 0. The second-order valence-electron chi connectivity index (χ2n) is 4.45. The van der Waals surface area contributed by atoms with Crippen LogP contribution in [0.3, 0.4) is 0 Å². The van der Waals surface area contributed by atoms with Gasteiger partial charge in [0.2, 0.25) is 0 Å². The molecule has 2 aromatic carbocycles. The van der Waals surface area contributed by atoms with Gasteiger partial charge in [0.25, 0.3) is 0 Å². The summed E-state index contributed by atoms with van der Waals surface area (Å²) in [6, 6.07) is 8.65. The quantitative estimate of drug-likeness (QED) is 0.930. The number of hydrogen-bond donors (Lipinski definition) is 1. The minimum absolute atomic E-state index is 0.358. The smallest absolute Gasteiger partial charge is 0.159 e. The van der Waals surface area contributed by atoms with Gasteiger partial charge in [-0.25, -0.2) is 8.78 Å². The summed E-state index contributed by atoms with van der Waals surface area (Å²) in [6.07, 6.45) is 0.389. The Bertz CT molecular complexity index is 619. The van der Waals surface area contributed by atoms with Crippen LogP contribution in [0.25, 0.3) is 0 Å². The Kier molecular flexibility index (Phi) is 4.57. The van der Waals surface area contributed by atoms with Crippen molar-refractivity contribution < 1.29 is 13.5 Å². The van der Waals surface area contributed by atoms with Gasteiger partial charge in [-0.05, 0) is 41.8 Å². The minimum atomic E-state index is -0.873. The molecule has 2 nitrogen and oxygen atoms in total. The third-order valence-electron chi connectivity index (χ3n) is 3.04. The molecular formula is C15H14ClF2NO. The van der Waals surface area contributed by atoms with E-state index < -0.39 is 11.6 Å². The number of halogens is 3. The normalized spacial score (nSPS) is 12.2. The molecule has 0 fully saturated rings. The first kappa shape index (κ1) is 14.8. The summed E-state index contributed by atoms with van der Waals surface area (Å²) in [5.74, 6) is -1.17. The molecule has 106 valence electrons. The first-order chi connectivity index (χ1) is 9.51. The van der Waals surface area contributed by atoms with E-state index in [0.29, 0.717) is 22.8 Å². The predicted molar refractivity (Wildman–Crippen MR) is 75.0 cm³/mol. The molecule has 0 aliphatic carbocycles. The Morgan fingerprint density at radius 2 is 1.90 bits per heavy atom. The number of rotatable bonds is 4. The molecule has 0 radical (unpaired) electrons. The zero-order valence-corrected chi connectivity index (χ0v) is 11.6. The lowest BCUT2D eigenvalue weighted by Crippen LogP contribution is -2.13. The van der Waals surface area contributed by atoms with Crippen LogP contribution in [-0.4, -0.2) is 7.11 Å². The van der Waals surface area contributed by atoms with Gasteiger partial charge in [-0.1, -0.05) is 23.7 Å². The van der Waals surface area contributed by atoms with Crippen molar-refractivity contribution in [1.29, 1.82) is 0 Å². The van der Waals surface area contributed by atoms with E-state index in [4.69, 9.17) is 22.1 Å². The van der Waals surface area contributed by atoms with Crippen LogP contribution in [0.1, 0.15) is 17.2 Å². The highest BCUT2D eigenvalue weighted by Crippen LogP contribution is 2.28. The van der Waals surface area contributed by atoms with Crippen molar-refractivity contribution in [3.05, 3.63) is 64.2 Å². The van der Waals surface area contributed by atoms with Crippen LogP contribution in [-0.2, 0) is 6.42 Å². The van der Waals surface area contributed by atoms with Crippen molar-refractivity contribution in [2.75, 3.05) is 7.11 Å². The molecule has 1 unspecified atom stereocenters. The van der Waals surface area contributed by atoms with Crippen molar-refractivity contribution >= 4 is 11.6 Å². The third kappa shape index (κ3) is 3.26. The van der Waals surface area contributed by atoms with Gasteiger partial charge in [0.1, 0.15) is 5.75 Å². The van der Waals surface area contributed by atoms with Crippen LogP contribution in [0.5, 0.6) is 5.75 Å². The first-order valence-corrected chi connectivity index (χ1v) is 6.42. The highest BCUT2D eigenvalue weighted by molar-refractivity contribution is 6.32. The number of hydrogen-bond acceptors (Lipinski definition) is 2. The molecule has 20 heavy (non-hydrogen) atoms. The molecule has 0 aliphatic heterocycles. The maximum Gasteiger partial charge on any atom is 0.159 e. The number of ether oxygens (including phenoxy) is 1. The molecule has 0 amide bonds. The van der Waals surface area contributed by atoms with Crippen molar-refractivity contribution in [1.82, 2.24) is 0 Å². The van der Waals surface area contributed by atoms with E-state index in [1.165, 1.54) is 13.2 Å². The van der Waals surface area contributed by atoms with Crippen LogP contribution < -0.4 is 10.5 Å². The molecule has 0 aliphatic rings. The lowest BCUT2D eigenvalue weighted by Gasteiger charge is -2.14. The molecule has 1 atom stereocenters. The van der Waals surface area contributed by atoms with Crippen molar-refractivity contribution in [3.63, 3.8) is 0 Å². The number of benzene rings is 2. The molecule has 0 spiro atoms. The average Bonchev–Trinajstić information content (AvgIpc) is 2.42. The van der Waals surface area contributed by atoms with Gasteiger partial charge in [-0.3, -0.25) is 0 Å². The molecule has 2 N–H and O–H groups in total. The van der Waals surface area contributed by atoms with Crippen LogP contribution in [0.15, 0.2) is 36.4 Å². The maximum atomic E-state index is 13.1. The topological polar surface area (TPSA) is 35.2 Å². The van der Waals surface area contributed by atoms with E-state index in [1.54, 1.807) is 18.2 Å². The van der Waals surface area contributed by atoms with Crippen molar-refractivity contribution in [3.8, 4) is 5.75 Å². The Morgan fingerprint density at radius 3 is 2.50 bits per heavy atom. The summed E-state index contributed by atoms with van der Waals surface area (Å²) in [7, 11) is 1.53. The van der Waals surface area contributed by atoms with Crippen LogP contribution in [0, 0.1) is 11.6 Å². The zero-order chi connectivity index (χ0) is 14.7. The SMILES string of the molecule is COc1ccc(C(N)Cc2ccc(F)c(F)c2)cc1Cl. The molecule has 2 aromatic rings. The van der Waals surface area contributed by atoms with Gasteiger partial charge in [0.15, 0.2) is 11.6 Å². The van der Waals surface area contributed by atoms with Gasteiger partial charge in [0.05, 0.1) is 12.1 Å². The highest BCUT2D eigenvalue weighted by atomic mass is 35.5. The first-order valence-electron chi connectivity index (χ1n) is 6.04. The Hall–Kier alpha value is -1.65. The lowest BCUT2D eigenvalue weighted by molar-refractivity contribution is 0.414. The maximum absolute atomic E-state index is 13.1. The van der Waals surface area contributed by atoms with Gasteiger partial charge in [0, 0.05) is 6.04 Å². The molecule has 0 aromatic heterocycles. The molecule has 0 saturated carbocycles. The predicted octanol–water partition coefficient (Wildman–Crippen LogP) is 3.87. The van der Waals surface area contributed by atoms with Gasteiger partial charge < -0.3 is 10.5 Å². The monoisotopic (exact) mass is 297 g/mol. The van der Waals surface area contributed by atoms with E-state index >= 15 is 0 Å². The second-order valence-corrected chi connectivity index (χ2v) is 4.86. The lowest BCUT2D eigenvalue weighted by atomic mass is 9.99. The standard InChI is InChI=1S/C15H14ClF2NO/c1-20-15-5-3-10(8-11(15)16)14(19)7-9-2-4-12(17)13(18)6-9/h2-6,8,14H,7,19H2,1H3. The fraction of sp³-hybridized carbons (Fsp3) is 0.200. The number of methoxy groups -OCH3 is 1. The molecule has 0 heterocycles. The number of nitrogens with two attached hydrogens (primary N) is 1. The third-order valence-corrected chi connectivity index (χ3v) is 3.34. The van der Waals surface area contributed by atoms with E-state index in [0.717, 1.165) is 17.7 Å². The minimum Gasteiger partial charge on any atom is -0.495 e. The molecule has 5 heteroatoms. The Morgan fingerprint density at radius 1 is 1.15 bits per heavy atom. The van der Waals surface area contributed by atoms with Gasteiger partial charge in [-0.2, -0.15) is 0 Å². The van der Waals surface area contributed by atoms with Crippen LogP contribution in [0.2, 0.25) is 5.02 Å². The molecule has 2 rings (SSSR count). The molecule has 0 saturated heterocycles. The van der Waals surface area contributed by atoms with E-state index in [-0.39, 0.29) is 6.04 Å². The highest BCUT2D eigenvalue weighted by Gasteiger charge is 2.11. The van der Waals surface area contributed by atoms with Crippen molar-refractivity contribution in [2.24, 2.45) is 5.73 Å². The summed E-state index contributed by atoms with van der Waals surface area (Å²) < 4.78 is 31.1. The zero-order valence-electron chi connectivity index (χ0n) is 10.9. The Labute approximate surface area is 121 Å². The fourth-order valence-corrected chi connectivity index (χ4v) is 2.22. The van der Waals surface area contributed by atoms with E-state index in [9.17, 15) is 8.78 Å². The van der Waals surface area contributed by atoms with E-state index in [1.807, 2.05) is 0 Å². The van der Waals surface area contributed by atoms with Crippen LogP contribution >= 0.6 is 11.6 Å². The van der Waals surface area contributed by atoms with Crippen LogP contribution in [0.4, 0.5) is 8.78 Å². The average molecular weight is 298 g/mol. The second kappa shape index (κ2) is 6.20. The summed E-state index contributed by atoms with van der Waals surface area (Å²) in [5.41, 5.74) is 7.49. The van der Waals surface area contributed by atoms with Gasteiger partial charge >= 0.3 is 0 Å². The molecular weight excluding hydrogens is 284 g/mol. The van der Waals surface area contributed by atoms with E-state index in [2.05, 4.69) is 0 Å². The van der Waals surface area contributed by atoms with Gasteiger partial charge in [-0.15, -0.1) is 0 Å².